The lowest BCUT2D eigenvalue weighted by Gasteiger charge is -2.13. The molecule has 0 fully saturated rings. The molecule has 0 radical (unpaired) electrons. The lowest BCUT2D eigenvalue weighted by atomic mass is 10.2. The normalized spacial score (nSPS) is 12.0. The molecule has 0 aliphatic rings. The Bertz CT molecular complexity index is 589. The summed E-state index contributed by atoms with van der Waals surface area (Å²) in [5.41, 5.74) is 0.715. The van der Waals surface area contributed by atoms with Gasteiger partial charge in [0.2, 0.25) is 0 Å². The van der Waals surface area contributed by atoms with Crippen molar-refractivity contribution in [3.63, 3.8) is 0 Å². The van der Waals surface area contributed by atoms with Crippen molar-refractivity contribution >= 4 is 40.5 Å². The molecule has 2 rings (SSSR count). The summed E-state index contributed by atoms with van der Waals surface area (Å²) in [6.07, 6.45) is 2.53. The number of benzene rings is 1. The van der Waals surface area contributed by atoms with Gasteiger partial charge in [0, 0.05) is 17.1 Å². The molecule has 4 nitrogen and oxygen atoms in total. The molecular formula is C14H16Cl2N4. The molecule has 2 N–H and O–H groups in total. The fourth-order valence-corrected chi connectivity index (χ4v) is 1.93. The number of aromatic nitrogens is 2. The average Bonchev–Trinajstić information content (AvgIpc) is 2.43. The van der Waals surface area contributed by atoms with E-state index < -0.39 is 0 Å². The van der Waals surface area contributed by atoms with Crippen LogP contribution < -0.4 is 10.6 Å². The van der Waals surface area contributed by atoms with Crippen LogP contribution in [0.25, 0.3) is 0 Å². The second-order valence-corrected chi connectivity index (χ2v) is 5.33. The minimum atomic E-state index is 0.354. The number of nitrogens with one attached hydrogen (secondary N) is 2. The summed E-state index contributed by atoms with van der Waals surface area (Å²) in [5.74, 6) is 1.44. The van der Waals surface area contributed by atoms with E-state index in [0.717, 1.165) is 12.2 Å². The molecule has 0 spiro atoms. The van der Waals surface area contributed by atoms with Crippen molar-refractivity contribution in [3.8, 4) is 0 Å². The molecule has 0 amide bonds. The topological polar surface area (TPSA) is 49.8 Å². The minimum absolute atomic E-state index is 0.354. The highest BCUT2D eigenvalue weighted by Gasteiger charge is 2.05. The third-order valence-electron chi connectivity index (χ3n) is 2.86. The summed E-state index contributed by atoms with van der Waals surface area (Å²) < 4.78 is 0. The summed E-state index contributed by atoms with van der Waals surface area (Å²) in [6, 6.07) is 7.43. The van der Waals surface area contributed by atoms with Crippen molar-refractivity contribution in [2.24, 2.45) is 0 Å². The first kappa shape index (κ1) is 14.9. The molecule has 1 unspecified atom stereocenters. The van der Waals surface area contributed by atoms with Crippen molar-refractivity contribution in [1.29, 1.82) is 0 Å². The van der Waals surface area contributed by atoms with E-state index in [9.17, 15) is 0 Å². The predicted octanol–water partition coefficient (Wildman–Crippen LogP) is 4.74. The first-order valence-corrected chi connectivity index (χ1v) is 7.14. The van der Waals surface area contributed by atoms with Crippen molar-refractivity contribution in [1.82, 2.24) is 9.97 Å². The Morgan fingerprint density at radius 2 is 1.90 bits per heavy atom. The molecule has 0 saturated heterocycles. The minimum Gasteiger partial charge on any atom is -0.367 e. The Kier molecular flexibility index (Phi) is 5.04. The predicted molar refractivity (Wildman–Crippen MR) is 85.2 cm³/mol. The standard InChI is InChI=1S/C14H16Cl2N4/c1-3-9(2)19-13-7-14(18-8-17-13)20-12-6-10(15)4-5-11(12)16/h4-9H,3H2,1-2H3,(H2,17,18,19,20). The summed E-state index contributed by atoms with van der Waals surface area (Å²) >= 11 is 12.1. The molecule has 1 atom stereocenters. The Labute approximate surface area is 128 Å². The number of halogens is 2. The molecule has 1 heterocycles. The molecule has 106 valence electrons. The monoisotopic (exact) mass is 310 g/mol. The van der Waals surface area contributed by atoms with Crippen LogP contribution in [0.15, 0.2) is 30.6 Å². The van der Waals surface area contributed by atoms with Crippen molar-refractivity contribution in [3.05, 3.63) is 40.6 Å². The summed E-state index contributed by atoms with van der Waals surface area (Å²) in [4.78, 5) is 8.36. The molecule has 0 aliphatic heterocycles. The van der Waals surface area contributed by atoms with Crippen LogP contribution in [0.2, 0.25) is 10.0 Å². The van der Waals surface area contributed by atoms with Gasteiger partial charge in [0.05, 0.1) is 10.7 Å². The maximum Gasteiger partial charge on any atom is 0.135 e. The van der Waals surface area contributed by atoms with Crippen LogP contribution in [0.4, 0.5) is 17.3 Å². The smallest absolute Gasteiger partial charge is 0.135 e. The number of rotatable bonds is 5. The maximum absolute atomic E-state index is 6.11. The maximum atomic E-state index is 6.11. The van der Waals surface area contributed by atoms with Gasteiger partial charge in [0.1, 0.15) is 18.0 Å². The van der Waals surface area contributed by atoms with Crippen LogP contribution in [0.3, 0.4) is 0 Å². The van der Waals surface area contributed by atoms with Gasteiger partial charge in [-0.2, -0.15) is 0 Å². The van der Waals surface area contributed by atoms with Crippen molar-refractivity contribution < 1.29 is 0 Å². The molecule has 2 aromatic rings. The van der Waals surface area contributed by atoms with Gasteiger partial charge in [-0.15, -0.1) is 0 Å². The van der Waals surface area contributed by atoms with Gasteiger partial charge in [-0.3, -0.25) is 0 Å². The van der Waals surface area contributed by atoms with Gasteiger partial charge in [0.15, 0.2) is 0 Å². The quantitative estimate of drug-likeness (QED) is 0.837. The largest absolute Gasteiger partial charge is 0.367 e. The zero-order chi connectivity index (χ0) is 14.5. The van der Waals surface area contributed by atoms with E-state index in [-0.39, 0.29) is 0 Å². The highest BCUT2D eigenvalue weighted by molar-refractivity contribution is 6.35. The first-order chi connectivity index (χ1) is 9.58. The van der Waals surface area contributed by atoms with Gasteiger partial charge in [0.25, 0.3) is 0 Å². The van der Waals surface area contributed by atoms with E-state index in [4.69, 9.17) is 23.2 Å². The van der Waals surface area contributed by atoms with Crippen LogP contribution in [0.1, 0.15) is 20.3 Å². The zero-order valence-electron chi connectivity index (χ0n) is 11.3. The average molecular weight is 311 g/mol. The second-order valence-electron chi connectivity index (χ2n) is 4.49. The SMILES string of the molecule is CCC(C)Nc1cc(Nc2cc(Cl)ccc2Cl)ncn1. The molecule has 1 aromatic heterocycles. The molecule has 0 aliphatic carbocycles. The lowest BCUT2D eigenvalue weighted by Crippen LogP contribution is -2.14. The Morgan fingerprint density at radius 3 is 2.65 bits per heavy atom. The van der Waals surface area contributed by atoms with E-state index in [1.54, 1.807) is 18.2 Å². The van der Waals surface area contributed by atoms with Crippen molar-refractivity contribution in [2.45, 2.75) is 26.3 Å². The zero-order valence-corrected chi connectivity index (χ0v) is 12.8. The van der Waals surface area contributed by atoms with Crippen molar-refractivity contribution in [2.75, 3.05) is 10.6 Å². The van der Waals surface area contributed by atoms with E-state index in [1.807, 2.05) is 6.07 Å². The van der Waals surface area contributed by atoms with Crippen LogP contribution in [0.5, 0.6) is 0 Å². The van der Waals surface area contributed by atoms with Crippen LogP contribution in [-0.2, 0) is 0 Å². The highest BCUT2D eigenvalue weighted by Crippen LogP contribution is 2.28. The number of nitrogens with zero attached hydrogens (tertiary/aromatic N) is 2. The van der Waals surface area contributed by atoms with E-state index in [0.29, 0.717) is 27.6 Å². The van der Waals surface area contributed by atoms with Gasteiger partial charge < -0.3 is 10.6 Å². The molecule has 1 aromatic carbocycles. The number of hydrogen-bond donors (Lipinski definition) is 2. The molecular weight excluding hydrogens is 295 g/mol. The fraction of sp³-hybridized carbons (Fsp3) is 0.286. The number of anilines is 3. The Balaban J connectivity index is 2.17. The van der Waals surface area contributed by atoms with Gasteiger partial charge in [-0.25, -0.2) is 9.97 Å². The summed E-state index contributed by atoms with van der Waals surface area (Å²) in [5, 5.41) is 7.63. The summed E-state index contributed by atoms with van der Waals surface area (Å²) in [7, 11) is 0. The first-order valence-electron chi connectivity index (χ1n) is 6.39. The molecule has 20 heavy (non-hydrogen) atoms. The van der Waals surface area contributed by atoms with Gasteiger partial charge in [-0.05, 0) is 31.5 Å². The van der Waals surface area contributed by atoms with Crippen LogP contribution in [-0.4, -0.2) is 16.0 Å². The second kappa shape index (κ2) is 6.77. The fourth-order valence-electron chi connectivity index (χ4n) is 1.59. The van der Waals surface area contributed by atoms with E-state index in [1.165, 1.54) is 6.33 Å². The highest BCUT2D eigenvalue weighted by atomic mass is 35.5. The molecule has 0 saturated carbocycles. The third kappa shape index (κ3) is 3.99. The van der Waals surface area contributed by atoms with Crippen LogP contribution in [0, 0.1) is 0 Å². The molecule has 6 heteroatoms. The van der Waals surface area contributed by atoms with E-state index in [2.05, 4.69) is 34.4 Å². The lowest BCUT2D eigenvalue weighted by molar-refractivity contribution is 0.758. The third-order valence-corrected chi connectivity index (χ3v) is 3.43. The Morgan fingerprint density at radius 1 is 1.15 bits per heavy atom. The molecule has 0 bridgehead atoms. The van der Waals surface area contributed by atoms with Gasteiger partial charge in [-0.1, -0.05) is 30.1 Å². The van der Waals surface area contributed by atoms with Crippen LogP contribution >= 0.6 is 23.2 Å². The summed E-state index contributed by atoms with van der Waals surface area (Å²) in [6.45, 7) is 4.22. The number of hydrogen-bond acceptors (Lipinski definition) is 4. The van der Waals surface area contributed by atoms with E-state index >= 15 is 0 Å². The van der Waals surface area contributed by atoms with Gasteiger partial charge >= 0.3 is 0 Å². The Hall–Kier alpha value is -1.52.